The van der Waals surface area contributed by atoms with Gasteiger partial charge in [0, 0.05) is 11.6 Å². The number of aromatic nitrogens is 3. The molecule has 88 valence electrons. The maximum atomic E-state index is 11.7. The van der Waals surface area contributed by atoms with E-state index in [-0.39, 0.29) is 17.2 Å². The van der Waals surface area contributed by atoms with Gasteiger partial charge in [0.1, 0.15) is 6.10 Å². The lowest BCUT2D eigenvalue weighted by molar-refractivity contribution is -0.0796. The van der Waals surface area contributed by atoms with E-state index in [1.807, 2.05) is 0 Å². The third kappa shape index (κ3) is 1.60. The number of nitrogens with zero attached hydrogens (tertiary/aromatic N) is 1. The number of rotatable bonds is 2. The van der Waals surface area contributed by atoms with Crippen LogP contribution in [0.3, 0.4) is 0 Å². The van der Waals surface area contributed by atoms with Crippen LogP contribution >= 0.6 is 0 Å². The van der Waals surface area contributed by atoms with E-state index in [1.54, 1.807) is 0 Å². The van der Waals surface area contributed by atoms with Crippen molar-refractivity contribution in [3.63, 3.8) is 0 Å². The molecule has 0 amide bonds. The van der Waals surface area contributed by atoms with E-state index in [9.17, 15) is 9.59 Å². The number of hydrogen-bond donors (Lipinski definition) is 2. The molecule has 17 heavy (non-hydrogen) atoms. The van der Waals surface area contributed by atoms with Crippen LogP contribution in [0, 0.1) is 0 Å². The standard InChI is InChI=1S/C10H9N3O4/c14-9-7-5(2-12-13-9)1-11-10(15)8(7)17-6-3-16-4-6/h1-2,6H,3-4H2,(H,11,15)(H,13,14). The zero-order valence-corrected chi connectivity index (χ0v) is 8.73. The number of hydrogen-bond acceptors (Lipinski definition) is 5. The maximum Gasteiger partial charge on any atom is 0.291 e. The molecule has 2 aromatic rings. The second kappa shape index (κ2) is 3.70. The van der Waals surface area contributed by atoms with Crippen molar-refractivity contribution in [2.45, 2.75) is 6.10 Å². The van der Waals surface area contributed by atoms with Crippen LogP contribution in [0.15, 0.2) is 22.0 Å². The average Bonchev–Trinajstić information content (AvgIpc) is 2.26. The van der Waals surface area contributed by atoms with Crippen LogP contribution in [-0.2, 0) is 4.74 Å². The third-order valence-electron chi connectivity index (χ3n) is 2.57. The van der Waals surface area contributed by atoms with E-state index >= 15 is 0 Å². The van der Waals surface area contributed by atoms with E-state index in [2.05, 4.69) is 15.2 Å². The van der Waals surface area contributed by atoms with Crippen molar-refractivity contribution in [1.82, 2.24) is 15.2 Å². The summed E-state index contributed by atoms with van der Waals surface area (Å²) in [5, 5.41) is 6.69. The lowest BCUT2D eigenvalue weighted by Crippen LogP contribution is -2.40. The summed E-state index contributed by atoms with van der Waals surface area (Å²) in [6.45, 7) is 0.859. The van der Waals surface area contributed by atoms with Gasteiger partial charge in [-0.2, -0.15) is 5.10 Å². The predicted molar refractivity (Wildman–Crippen MR) is 58.2 cm³/mol. The van der Waals surface area contributed by atoms with Gasteiger partial charge in [-0.15, -0.1) is 0 Å². The summed E-state index contributed by atoms with van der Waals surface area (Å²) in [7, 11) is 0. The fourth-order valence-electron chi connectivity index (χ4n) is 1.64. The van der Waals surface area contributed by atoms with Crippen molar-refractivity contribution in [2.75, 3.05) is 13.2 Å². The zero-order valence-electron chi connectivity index (χ0n) is 8.73. The Morgan fingerprint density at radius 2 is 2.18 bits per heavy atom. The Kier molecular flexibility index (Phi) is 2.19. The number of fused-ring (bicyclic) bond motifs is 1. The molecule has 1 fully saturated rings. The van der Waals surface area contributed by atoms with Crippen LogP contribution < -0.4 is 15.9 Å². The van der Waals surface area contributed by atoms with Crippen molar-refractivity contribution in [2.24, 2.45) is 0 Å². The normalized spacial score (nSPS) is 15.8. The lowest BCUT2D eigenvalue weighted by atomic mass is 10.2. The molecule has 1 aliphatic heterocycles. The second-order valence-electron chi connectivity index (χ2n) is 3.75. The fourth-order valence-corrected chi connectivity index (χ4v) is 1.64. The highest BCUT2D eigenvalue weighted by Crippen LogP contribution is 2.18. The topological polar surface area (TPSA) is 97.1 Å². The van der Waals surface area contributed by atoms with Gasteiger partial charge >= 0.3 is 0 Å². The minimum absolute atomic E-state index is 0.0273. The van der Waals surface area contributed by atoms with E-state index in [1.165, 1.54) is 12.4 Å². The molecule has 1 aliphatic rings. The van der Waals surface area contributed by atoms with Gasteiger partial charge in [-0.3, -0.25) is 9.59 Å². The Labute approximate surface area is 94.4 Å². The molecule has 0 saturated carbocycles. The Hall–Kier alpha value is -2.15. The Morgan fingerprint density at radius 1 is 1.35 bits per heavy atom. The van der Waals surface area contributed by atoms with E-state index in [4.69, 9.17) is 9.47 Å². The molecule has 7 nitrogen and oxygen atoms in total. The van der Waals surface area contributed by atoms with Crippen molar-refractivity contribution < 1.29 is 9.47 Å². The molecule has 3 rings (SSSR count). The highest BCUT2D eigenvalue weighted by Gasteiger charge is 2.23. The van der Waals surface area contributed by atoms with Gasteiger partial charge in [-0.1, -0.05) is 0 Å². The highest BCUT2D eigenvalue weighted by molar-refractivity contribution is 5.85. The van der Waals surface area contributed by atoms with Gasteiger partial charge in [-0.25, -0.2) is 5.10 Å². The molecule has 0 aliphatic carbocycles. The summed E-state index contributed by atoms with van der Waals surface area (Å²) in [6, 6.07) is 0. The Bertz CT molecular complexity index is 671. The summed E-state index contributed by atoms with van der Waals surface area (Å²) in [5.74, 6) is 0.0273. The zero-order chi connectivity index (χ0) is 11.8. The highest BCUT2D eigenvalue weighted by atomic mass is 16.6. The van der Waals surface area contributed by atoms with Crippen LogP contribution in [0.2, 0.25) is 0 Å². The Balaban J connectivity index is 2.22. The first-order chi connectivity index (χ1) is 8.25. The van der Waals surface area contributed by atoms with Crippen LogP contribution in [0.4, 0.5) is 0 Å². The van der Waals surface area contributed by atoms with Crippen LogP contribution in [0.25, 0.3) is 10.8 Å². The summed E-state index contributed by atoms with van der Waals surface area (Å²) in [6.07, 6.45) is 2.72. The molecule has 0 spiro atoms. The average molecular weight is 235 g/mol. The van der Waals surface area contributed by atoms with Gasteiger partial charge in [0.25, 0.3) is 11.1 Å². The van der Waals surface area contributed by atoms with Crippen LogP contribution in [-0.4, -0.2) is 34.5 Å². The largest absolute Gasteiger partial charge is 0.479 e. The molecule has 0 unspecified atom stereocenters. The van der Waals surface area contributed by atoms with Gasteiger partial charge in [0.15, 0.2) is 5.75 Å². The number of nitrogens with one attached hydrogen (secondary N) is 2. The molecule has 0 bridgehead atoms. The number of H-pyrrole nitrogens is 2. The van der Waals surface area contributed by atoms with E-state index < -0.39 is 11.1 Å². The first-order valence-electron chi connectivity index (χ1n) is 5.09. The number of ether oxygens (including phenoxy) is 2. The third-order valence-corrected chi connectivity index (χ3v) is 2.57. The molecule has 7 heteroatoms. The molecule has 0 radical (unpaired) electrons. The smallest absolute Gasteiger partial charge is 0.291 e. The lowest BCUT2D eigenvalue weighted by Gasteiger charge is -2.26. The summed E-state index contributed by atoms with van der Waals surface area (Å²) >= 11 is 0. The number of aromatic amines is 2. The van der Waals surface area contributed by atoms with Gasteiger partial charge in [0.2, 0.25) is 0 Å². The quantitative estimate of drug-likeness (QED) is 0.723. The molecule has 0 aromatic carbocycles. The summed E-state index contributed by atoms with van der Waals surface area (Å²) in [4.78, 5) is 25.8. The summed E-state index contributed by atoms with van der Waals surface area (Å²) < 4.78 is 10.4. The van der Waals surface area contributed by atoms with Gasteiger partial charge in [-0.05, 0) is 0 Å². The second-order valence-corrected chi connectivity index (χ2v) is 3.75. The van der Waals surface area contributed by atoms with Crippen LogP contribution in [0.5, 0.6) is 5.75 Å². The first-order valence-corrected chi connectivity index (χ1v) is 5.09. The monoisotopic (exact) mass is 235 g/mol. The van der Waals surface area contributed by atoms with Gasteiger partial charge < -0.3 is 14.5 Å². The molecule has 3 heterocycles. The fraction of sp³-hybridized carbons (Fsp3) is 0.300. The molecular formula is C10H9N3O4. The van der Waals surface area contributed by atoms with Crippen molar-refractivity contribution in [1.29, 1.82) is 0 Å². The Morgan fingerprint density at radius 3 is 2.88 bits per heavy atom. The molecular weight excluding hydrogens is 226 g/mol. The molecule has 2 aromatic heterocycles. The maximum absolute atomic E-state index is 11.7. The minimum atomic E-state index is -0.441. The molecule has 2 N–H and O–H groups in total. The number of pyridine rings is 1. The summed E-state index contributed by atoms with van der Waals surface area (Å²) in [5.41, 5.74) is -0.870. The predicted octanol–water partition coefficient (Wildman–Crippen LogP) is -0.611. The molecule has 0 atom stereocenters. The SMILES string of the molecule is O=c1[nH]cc2cn[nH]c(=O)c2c1OC1COC1. The van der Waals surface area contributed by atoms with Crippen molar-refractivity contribution >= 4 is 10.8 Å². The van der Waals surface area contributed by atoms with E-state index in [0.717, 1.165) is 0 Å². The first kappa shape index (κ1) is 10.0. The van der Waals surface area contributed by atoms with Gasteiger partial charge in [0.05, 0.1) is 24.8 Å². The van der Waals surface area contributed by atoms with Crippen molar-refractivity contribution in [3.8, 4) is 5.75 Å². The van der Waals surface area contributed by atoms with E-state index in [0.29, 0.717) is 18.6 Å². The molecule has 1 saturated heterocycles. The minimum Gasteiger partial charge on any atom is -0.479 e. The van der Waals surface area contributed by atoms with Crippen molar-refractivity contribution in [3.05, 3.63) is 33.1 Å². The van der Waals surface area contributed by atoms with Crippen LogP contribution in [0.1, 0.15) is 0 Å².